The number of carboxylic acids is 1. The third-order valence-electron chi connectivity index (χ3n) is 2.75. The second-order valence-corrected chi connectivity index (χ2v) is 5.15. The molecular weight excluding hydrogens is 198 g/mol. The Morgan fingerprint density at radius 2 is 1.93 bits per heavy atom. The maximum Gasteiger partial charge on any atom is 0.347 e. The zero-order valence-electron chi connectivity index (χ0n) is 7.69. The quantitative estimate of drug-likeness (QED) is 0.832. The van der Waals surface area contributed by atoms with E-state index in [1.807, 2.05) is 0 Å². The van der Waals surface area contributed by atoms with Crippen molar-refractivity contribution in [1.29, 1.82) is 0 Å². The molecule has 0 atom stereocenters. The Kier molecular flexibility index (Phi) is 1.68. The van der Waals surface area contributed by atoms with Crippen LogP contribution in [0.1, 0.15) is 57.9 Å². The molecule has 2 aliphatic carbocycles. The molecule has 2 fully saturated rings. The number of carbonyl (C=O) groups is 1. The third-order valence-corrected chi connectivity index (χ3v) is 3.98. The van der Waals surface area contributed by atoms with Crippen LogP contribution in [0.25, 0.3) is 0 Å². The predicted octanol–water partition coefficient (Wildman–Crippen LogP) is 2.60. The highest BCUT2D eigenvalue weighted by molar-refractivity contribution is 7.13. The molecule has 0 spiro atoms. The molecule has 0 amide bonds. The van der Waals surface area contributed by atoms with Gasteiger partial charge in [-0.05, 0) is 25.7 Å². The van der Waals surface area contributed by atoms with Crippen LogP contribution in [0.3, 0.4) is 0 Å². The van der Waals surface area contributed by atoms with Gasteiger partial charge < -0.3 is 5.11 Å². The summed E-state index contributed by atoms with van der Waals surface area (Å²) in [4.78, 5) is 16.0. The smallest absolute Gasteiger partial charge is 0.347 e. The van der Waals surface area contributed by atoms with E-state index in [4.69, 9.17) is 5.11 Å². The first-order valence-electron chi connectivity index (χ1n) is 4.99. The average molecular weight is 209 g/mol. The van der Waals surface area contributed by atoms with Gasteiger partial charge in [0.05, 0.1) is 10.7 Å². The lowest BCUT2D eigenvalue weighted by Gasteiger charge is -1.91. The average Bonchev–Trinajstić information content (AvgIpc) is 3.03. The Balaban J connectivity index is 2.01. The fourth-order valence-electron chi connectivity index (χ4n) is 1.64. The molecule has 2 aliphatic rings. The van der Waals surface area contributed by atoms with Crippen molar-refractivity contribution in [1.82, 2.24) is 4.98 Å². The summed E-state index contributed by atoms with van der Waals surface area (Å²) < 4.78 is 0. The van der Waals surface area contributed by atoms with Crippen molar-refractivity contribution in [3.8, 4) is 0 Å². The number of rotatable bonds is 3. The van der Waals surface area contributed by atoms with Gasteiger partial charge in [-0.25, -0.2) is 9.78 Å². The van der Waals surface area contributed by atoms with E-state index in [0.717, 1.165) is 23.5 Å². The number of aromatic nitrogens is 1. The summed E-state index contributed by atoms with van der Waals surface area (Å²) in [5.41, 5.74) is 0.865. The van der Waals surface area contributed by atoms with Crippen LogP contribution in [0.5, 0.6) is 0 Å². The Bertz CT molecular complexity index is 391. The molecule has 1 N–H and O–H groups in total. The lowest BCUT2D eigenvalue weighted by Crippen LogP contribution is -1.97. The Morgan fingerprint density at radius 1 is 1.29 bits per heavy atom. The van der Waals surface area contributed by atoms with E-state index < -0.39 is 5.97 Å². The summed E-state index contributed by atoms with van der Waals surface area (Å²) in [6, 6.07) is 0. The van der Waals surface area contributed by atoms with Gasteiger partial charge in [-0.1, -0.05) is 0 Å². The van der Waals surface area contributed by atoms with Crippen molar-refractivity contribution in [2.75, 3.05) is 0 Å². The van der Waals surface area contributed by atoms with Crippen LogP contribution < -0.4 is 0 Å². The first kappa shape index (κ1) is 8.41. The van der Waals surface area contributed by atoms with Gasteiger partial charge in [-0.15, -0.1) is 11.3 Å². The summed E-state index contributed by atoms with van der Waals surface area (Å²) in [6.07, 6.45) is 4.62. The SMILES string of the molecule is O=C(O)c1sc(C2CC2)nc1C1CC1. The number of aromatic carboxylic acids is 1. The first-order valence-corrected chi connectivity index (χ1v) is 5.81. The molecule has 74 valence electrons. The van der Waals surface area contributed by atoms with Gasteiger partial charge in [0.1, 0.15) is 4.88 Å². The van der Waals surface area contributed by atoms with Crippen LogP contribution in [0, 0.1) is 0 Å². The molecular formula is C10H11NO2S. The summed E-state index contributed by atoms with van der Waals surface area (Å²) in [5, 5.41) is 10.1. The molecule has 1 aromatic rings. The number of carboxylic acid groups (broad SMARTS) is 1. The van der Waals surface area contributed by atoms with Gasteiger partial charge in [-0.2, -0.15) is 0 Å². The van der Waals surface area contributed by atoms with Crippen LogP contribution in [-0.2, 0) is 0 Å². The van der Waals surface area contributed by atoms with E-state index in [1.54, 1.807) is 0 Å². The first-order chi connectivity index (χ1) is 6.75. The minimum absolute atomic E-state index is 0.449. The lowest BCUT2D eigenvalue weighted by atomic mass is 10.2. The normalized spacial score (nSPS) is 21.1. The van der Waals surface area contributed by atoms with Crippen LogP contribution in [0.15, 0.2) is 0 Å². The maximum absolute atomic E-state index is 11.0. The van der Waals surface area contributed by atoms with Crippen LogP contribution >= 0.6 is 11.3 Å². The van der Waals surface area contributed by atoms with Crippen molar-refractivity contribution in [3.63, 3.8) is 0 Å². The van der Waals surface area contributed by atoms with Crippen molar-refractivity contribution < 1.29 is 9.90 Å². The van der Waals surface area contributed by atoms with Crippen LogP contribution in [-0.4, -0.2) is 16.1 Å². The monoisotopic (exact) mass is 209 g/mol. The molecule has 0 bridgehead atoms. The molecule has 0 saturated heterocycles. The summed E-state index contributed by atoms with van der Waals surface area (Å²) >= 11 is 1.40. The van der Waals surface area contributed by atoms with E-state index in [0.29, 0.717) is 16.7 Å². The minimum Gasteiger partial charge on any atom is -0.477 e. The molecule has 0 aromatic carbocycles. The van der Waals surface area contributed by atoms with E-state index in [2.05, 4.69) is 4.98 Å². The highest BCUT2D eigenvalue weighted by atomic mass is 32.1. The molecule has 2 saturated carbocycles. The Morgan fingerprint density at radius 3 is 2.43 bits per heavy atom. The fraction of sp³-hybridized carbons (Fsp3) is 0.600. The molecule has 0 radical (unpaired) electrons. The van der Waals surface area contributed by atoms with Crippen LogP contribution in [0.4, 0.5) is 0 Å². The highest BCUT2D eigenvalue weighted by Gasteiger charge is 2.35. The molecule has 0 unspecified atom stereocenters. The van der Waals surface area contributed by atoms with Crippen molar-refractivity contribution in [2.45, 2.75) is 37.5 Å². The van der Waals surface area contributed by atoms with Gasteiger partial charge in [0, 0.05) is 11.8 Å². The molecule has 3 nitrogen and oxygen atoms in total. The third kappa shape index (κ3) is 1.34. The number of thiazole rings is 1. The zero-order valence-corrected chi connectivity index (χ0v) is 8.51. The number of nitrogens with zero attached hydrogens (tertiary/aromatic N) is 1. The second-order valence-electron chi connectivity index (χ2n) is 4.12. The summed E-state index contributed by atoms with van der Waals surface area (Å²) in [6.45, 7) is 0. The highest BCUT2D eigenvalue weighted by Crippen LogP contribution is 2.47. The maximum atomic E-state index is 11.0. The second kappa shape index (κ2) is 2.79. The molecule has 0 aliphatic heterocycles. The van der Waals surface area contributed by atoms with Crippen molar-refractivity contribution in [2.24, 2.45) is 0 Å². The predicted molar refractivity (Wildman–Crippen MR) is 53.0 cm³/mol. The molecule has 4 heteroatoms. The standard InChI is InChI=1S/C10H11NO2S/c12-10(13)8-7(5-1-2-5)11-9(14-8)6-3-4-6/h5-6H,1-4H2,(H,12,13). The van der Waals surface area contributed by atoms with Gasteiger partial charge in [0.15, 0.2) is 0 Å². The molecule has 3 rings (SSSR count). The minimum atomic E-state index is -0.795. The Labute approximate surface area is 85.8 Å². The summed E-state index contributed by atoms with van der Waals surface area (Å²) in [7, 11) is 0. The van der Waals surface area contributed by atoms with Crippen molar-refractivity contribution in [3.05, 3.63) is 15.6 Å². The molecule has 1 heterocycles. The van der Waals surface area contributed by atoms with Crippen molar-refractivity contribution >= 4 is 17.3 Å². The van der Waals surface area contributed by atoms with E-state index in [-0.39, 0.29) is 0 Å². The Hall–Kier alpha value is -0.900. The number of hydrogen-bond donors (Lipinski definition) is 1. The largest absolute Gasteiger partial charge is 0.477 e. The van der Waals surface area contributed by atoms with Gasteiger partial charge in [0.25, 0.3) is 0 Å². The molecule has 14 heavy (non-hydrogen) atoms. The van der Waals surface area contributed by atoms with E-state index in [9.17, 15) is 4.79 Å². The zero-order chi connectivity index (χ0) is 9.71. The fourth-order valence-corrected chi connectivity index (χ4v) is 2.80. The van der Waals surface area contributed by atoms with Gasteiger partial charge >= 0.3 is 5.97 Å². The van der Waals surface area contributed by atoms with E-state index >= 15 is 0 Å². The van der Waals surface area contributed by atoms with E-state index in [1.165, 1.54) is 24.2 Å². The number of hydrogen-bond acceptors (Lipinski definition) is 3. The topological polar surface area (TPSA) is 50.2 Å². The van der Waals surface area contributed by atoms with Gasteiger partial charge in [-0.3, -0.25) is 0 Å². The lowest BCUT2D eigenvalue weighted by molar-refractivity contribution is 0.0700. The van der Waals surface area contributed by atoms with Crippen LogP contribution in [0.2, 0.25) is 0 Å². The molecule has 1 aromatic heterocycles. The summed E-state index contributed by atoms with van der Waals surface area (Å²) in [5.74, 6) is 0.228. The van der Waals surface area contributed by atoms with Gasteiger partial charge in [0.2, 0.25) is 0 Å².